The van der Waals surface area contributed by atoms with Gasteiger partial charge in [0.1, 0.15) is 5.82 Å². The normalized spacial score (nSPS) is 10.1. The number of imidazole rings is 1. The Morgan fingerprint density at radius 2 is 2.44 bits per heavy atom. The van der Waals surface area contributed by atoms with Crippen molar-refractivity contribution in [3.63, 3.8) is 0 Å². The van der Waals surface area contributed by atoms with Gasteiger partial charge in [-0.3, -0.25) is 0 Å². The fourth-order valence-corrected chi connectivity index (χ4v) is 1.52. The minimum Gasteiger partial charge on any atom is -0.465 e. The molecule has 2 aromatic rings. The van der Waals surface area contributed by atoms with E-state index in [0.717, 1.165) is 12.1 Å². The van der Waals surface area contributed by atoms with Crippen molar-refractivity contribution in [2.24, 2.45) is 0 Å². The molecule has 2 rings (SSSR count). The number of ether oxygens (including phenoxy) is 1. The molecule has 0 radical (unpaired) electrons. The number of pyridine rings is 1. The molecule has 0 unspecified atom stereocenters. The lowest BCUT2D eigenvalue weighted by Crippen LogP contribution is -2.08. The summed E-state index contributed by atoms with van der Waals surface area (Å²) in [5.41, 5.74) is 1.53. The van der Waals surface area contributed by atoms with E-state index >= 15 is 0 Å². The predicted molar refractivity (Wildman–Crippen MR) is 66.4 cm³/mol. The van der Waals surface area contributed by atoms with Gasteiger partial charge in [0.2, 0.25) is 0 Å². The third-order valence-corrected chi connectivity index (χ3v) is 2.44. The molecule has 0 aliphatic rings. The molecule has 0 saturated carbocycles. The molecule has 0 saturated heterocycles. The number of nitrogens with zero attached hydrogens (tertiary/aromatic N) is 2. The first kappa shape index (κ1) is 12.1. The van der Waals surface area contributed by atoms with Gasteiger partial charge in [-0.15, -0.1) is 0 Å². The lowest BCUT2D eigenvalue weighted by molar-refractivity contribution is 0.0600. The summed E-state index contributed by atoms with van der Waals surface area (Å²) in [6.45, 7) is 0.708. The maximum atomic E-state index is 11.3. The Balaban J connectivity index is 1.91. The molecule has 2 aromatic heterocycles. The summed E-state index contributed by atoms with van der Waals surface area (Å²) in [5.74, 6) is 0.284. The van der Waals surface area contributed by atoms with E-state index in [1.165, 1.54) is 7.11 Å². The lowest BCUT2D eigenvalue weighted by atomic mass is 10.2. The molecule has 2 N–H and O–H groups in total. The topological polar surface area (TPSA) is 79.9 Å². The largest absolute Gasteiger partial charge is 0.465 e. The number of aromatic nitrogens is 3. The van der Waals surface area contributed by atoms with Crippen LogP contribution in [0.4, 0.5) is 5.82 Å². The van der Waals surface area contributed by atoms with Crippen LogP contribution in [0.1, 0.15) is 16.1 Å². The molecule has 0 aliphatic carbocycles. The maximum absolute atomic E-state index is 11.3. The van der Waals surface area contributed by atoms with Crippen LogP contribution >= 0.6 is 0 Å². The highest BCUT2D eigenvalue weighted by molar-refractivity contribution is 5.89. The van der Waals surface area contributed by atoms with Gasteiger partial charge in [-0.1, -0.05) is 0 Å². The first-order valence-corrected chi connectivity index (χ1v) is 5.55. The SMILES string of the molecule is COC(=O)c1ccnc(NCCc2cnc[nH]2)c1. The van der Waals surface area contributed by atoms with Gasteiger partial charge in [-0.05, 0) is 12.1 Å². The fourth-order valence-electron chi connectivity index (χ4n) is 1.52. The number of esters is 1. The van der Waals surface area contributed by atoms with E-state index in [1.807, 2.05) is 0 Å². The monoisotopic (exact) mass is 246 g/mol. The number of methoxy groups -OCH3 is 1. The highest BCUT2D eigenvalue weighted by atomic mass is 16.5. The van der Waals surface area contributed by atoms with E-state index in [1.54, 1.807) is 30.9 Å². The van der Waals surface area contributed by atoms with E-state index in [4.69, 9.17) is 0 Å². The van der Waals surface area contributed by atoms with Crippen LogP contribution in [-0.2, 0) is 11.2 Å². The molecule has 0 atom stereocenters. The van der Waals surface area contributed by atoms with Crippen molar-refractivity contribution in [3.8, 4) is 0 Å². The molecule has 0 amide bonds. The molecule has 2 heterocycles. The summed E-state index contributed by atoms with van der Waals surface area (Å²) in [6, 6.07) is 3.28. The minimum atomic E-state index is -0.367. The lowest BCUT2D eigenvalue weighted by Gasteiger charge is -2.05. The summed E-state index contributed by atoms with van der Waals surface area (Å²) >= 11 is 0. The van der Waals surface area contributed by atoms with Gasteiger partial charge in [0, 0.05) is 31.1 Å². The van der Waals surface area contributed by atoms with Crippen molar-refractivity contribution < 1.29 is 9.53 Å². The summed E-state index contributed by atoms with van der Waals surface area (Å²) in [5, 5.41) is 3.14. The van der Waals surface area contributed by atoms with Crippen molar-refractivity contribution >= 4 is 11.8 Å². The third-order valence-electron chi connectivity index (χ3n) is 2.44. The van der Waals surface area contributed by atoms with Crippen LogP contribution in [0, 0.1) is 0 Å². The number of H-pyrrole nitrogens is 1. The van der Waals surface area contributed by atoms with Crippen molar-refractivity contribution in [1.29, 1.82) is 0 Å². The first-order chi connectivity index (χ1) is 8.79. The standard InChI is InChI=1S/C12H14N4O2/c1-18-12(17)9-2-4-14-11(6-9)15-5-3-10-7-13-8-16-10/h2,4,6-8H,3,5H2,1H3,(H,13,16)(H,14,15). The van der Waals surface area contributed by atoms with E-state index in [0.29, 0.717) is 17.9 Å². The molecular formula is C12H14N4O2. The van der Waals surface area contributed by atoms with Crippen molar-refractivity contribution in [1.82, 2.24) is 15.0 Å². The number of rotatable bonds is 5. The van der Waals surface area contributed by atoms with Gasteiger partial charge in [0.25, 0.3) is 0 Å². The number of carbonyl (C=O) groups is 1. The fraction of sp³-hybridized carbons (Fsp3) is 0.250. The summed E-state index contributed by atoms with van der Waals surface area (Å²) in [7, 11) is 1.36. The second-order valence-corrected chi connectivity index (χ2v) is 3.67. The Morgan fingerprint density at radius 3 is 3.17 bits per heavy atom. The Labute approximate surface area is 104 Å². The Hall–Kier alpha value is -2.37. The van der Waals surface area contributed by atoms with Crippen LogP contribution in [-0.4, -0.2) is 34.6 Å². The molecule has 0 spiro atoms. The Morgan fingerprint density at radius 1 is 1.56 bits per heavy atom. The first-order valence-electron chi connectivity index (χ1n) is 5.55. The average Bonchev–Trinajstić information content (AvgIpc) is 2.91. The predicted octanol–water partition coefficient (Wildman–Crippen LogP) is 1.25. The van der Waals surface area contributed by atoms with Crippen LogP contribution in [0.5, 0.6) is 0 Å². The number of hydrogen-bond acceptors (Lipinski definition) is 5. The number of carbonyl (C=O) groups excluding carboxylic acids is 1. The molecular weight excluding hydrogens is 232 g/mol. The molecule has 0 fully saturated rings. The zero-order valence-corrected chi connectivity index (χ0v) is 10.0. The van der Waals surface area contributed by atoms with Gasteiger partial charge >= 0.3 is 5.97 Å². The van der Waals surface area contributed by atoms with Crippen LogP contribution in [0.25, 0.3) is 0 Å². The second kappa shape index (κ2) is 5.81. The van der Waals surface area contributed by atoms with E-state index in [2.05, 4.69) is 25.0 Å². The Kier molecular flexibility index (Phi) is 3.90. The van der Waals surface area contributed by atoms with Crippen LogP contribution in [0.15, 0.2) is 30.9 Å². The Bertz CT molecular complexity index is 511. The zero-order chi connectivity index (χ0) is 12.8. The van der Waals surface area contributed by atoms with Gasteiger partial charge in [0.05, 0.1) is 19.0 Å². The molecule has 94 valence electrons. The minimum absolute atomic E-state index is 0.367. The quantitative estimate of drug-likeness (QED) is 0.776. The molecule has 0 bridgehead atoms. The highest BCUT2D eigenvalue weighted by Gasteiger charge is 2.06. The number of nitrogens with one attached hydrogen (secondary N) is 2. The number of anilines is 1. The average molecular weight is 246 g/mol. The van der Waals surface area contributed by atoms with E-state index in [9.17, 15) is 4.79 Å². The summed E-state index contributed by atoms with van der Waals surface area (Å²) in [6.07, 6.45) is 5.81. The smallest absolute Gasteiger partial charge is 0.338 e. The van der Waals surface area contributed by atoms with Gasteiger partial charge < -0.3 is 15.0 Å². The second-order valence-electron chi connectivity index (χ2n) is 3.67. The van der Waals surface area contributed by atoms with E-state index < -0.39 is 0 Å². The molecule has 6 heteroatoms. The zero-order valence-electron chi connectivity index (χ0n) is 10.0. The van der Waals surface area contributed by atoms with Gasteiger partial charge in [-0.2, -0.15) is 0 Å². The van der Waals surface area contributed by atoms with Crippen LogP contribution in [0.3, 0.4) is 0 Å². The van der Waals surface area contributed by atoms with Gasteiger partial charge in [0.15, 0.2) is 0 Å². The van der Waals surface area contributed by atoms with Crippen LogP contribution in [0.2, 0.25) is 0 Å². The summed E-state index contributed by atoms with van der Waals surface area (Å²) in [4.78, 5) is 22.4. The molecule has 0 aliphatic heterocycles. The third kappa shape index (κ3) is 3.07. The number of hydrogen-bond donors (Lipinski definition) is 2. The van der Waals surface area contributed by atoms with Gasteiger partial charge in [-0.25, -0.2) is 14.8 Å². The van der Waals surface area contributed by atoms with Crippen molar-refractivity contribution in [2.75, 3.05) is 19.0 Å². The highest BCUT2D eigenvalue weighted by Crippen LogP contribution is 2.08. The summed E-state index contributed by atoms with van der Waals surface area (Å²) < 4.78 is 4.65. The van der Waals surface area contributed by atoms with Crippen molar-refractivity contribution in [3.05, 3.63) is 42.1 Å². The van der Waals surface area contributed by atoms with Crippen LogP contribution < -0.4 is 5.32 Å². The molecule has 6 nitrogen and oxygen atoms in total. The maximum Gasteiger partial charge on any atom is 0.338 e. The molecule has 0 aromatic carbocycles. The van der Waals surface area contributed by atoms with Crippen molar-refractivity contribution in [2.45, 2.75) is 6.42 Å². The molecule has 18 heavy (non-hydrogen) atoms. The number of aromatic amines is 1. The van der Waals surface area contributed by atoms with E-state index in [-0.39, 0.29) is 5.97 Å².